The van der Waals surface area contributed by atoms with Crippen molar-refractivity contribution >= 4 is 17.0 Å². The van der Waals surface area contributed by atoms with Gasteiger partial charge in [-0.3, -0.25) is 0 Å². The lowest BCUT2D eigenvalue weighted by Gasteiger charge is -2.12. The molecule has 0 amide bonds. The van der Waals surface area contributed by atoms with E-state index in [1.165, 1.54) is 18.4 Å². The first-order valence-corrected chi connectivity index (χ1v) is 8.75. The van der Waals surface area contributed by atoms with E-state index in [2.05, 4.69) is 22.4 Å². The van der Waals surface area contributed by atoms with Gasteiger partial charge in [0.1, 0.15) is 10.8 Å². The van der Waals surface area contributed by atoms with E-state index in [9.17, 15) is 0 Å². The van der Waals surface area contributed by atoms with E-state index < -0.39 is 0 Å². The fourth-order valence-electron chi connectivity index (χ4n) is 2.77. The molecule has 0 atom stereocenters. The number of benzene rings is 1. The zero-order valence-electron chi connectivity index (χ0n) is 13.1. The molecular weight excluding hydrogens is 312 g/mol. The van der Waals surface area contributed by atoms with Crippen molar-refractivity contribution in [2.24, 2.45) is 0 Å². The first-order chi connectivity index (χ1) is 11.3. The Balaban J connectivity index is 1.46. The maximum Gasteiger partial charge on any atom is 0.194 e. The van der Waals surface area contributed by atoms with Gasteiger partial charge < -0.3 is 19.5 Å². The van der Waals surface area contributed by atoms with Crippen molar-refractivity contribution in [3.8, 4) is 5.75 Å². The molecule has 5 nitrogen and oxygen atoms in total. The van der Waals surface area contributed by atoms with Crippen LogP contribution in [-0.2, 0) is 16.0 Å². The standard InChI is InChI=1S/C17H20N2O3S/c1-20-12-4-5-13(11-2-3-11)14(8-12)18-10-16-19-9-15(23-16)17-21-6-7-22-17/h4-5,8-9,11,17-18H,2-3,6-7,10H2,1H3. The molecular formula is C17H20N2O3S. The highest BCUT2D eigenvalue weighted by molar-refractivity contribution is 7.11. The minimum atomic E-state index is -0.236. The molecule has 0 radical (unpaired) electrons. The van der Waals surface area contributed by atoms with Gasteiger partial charge in [-0.05, 0) is 30.4 Å². The van der Waals surface area contributed by atoms with Gasteiger partial charge in [0.2, 0.25) is 0 Å². The van der Waals surface area contributed by atoms with Crippen molar-refractivity contribution < 1.29 is 14.2 Å². The molecule has 23 heavy (non-hydrogen) atoms. The molecule has 2 aliphatic rings. The van der Waals surface area contributed by atoms with Gasteiger partial charge >= 0.3 is 0 Å². The lowest BCUT2D eigenvalue weighted by molar-refractivity contribution is -0.0414. The van der Waals surface area contributed by atoms with Crippen LogP contribution in [0.25, 0.3) is 0 Å². The molecule has 2 aromatic rings. The topological polar surface area (TPSA) is 52.6 Å². The average molecular weight is 332 g/mol. The highest BCUT2D eigenvalue weighted by Gasteiger charge is 2.26. The zero-order valence-corrected chi connectivity index (χ0v) is 13.9. The summed E-state index contributed by atoms with van der Waals surface area (Å²) in [5, 5.41) is 4.55. The summed E-state index contributed by atoms with van der Waals surface area (Å²) >= 11 is 1.63. The fourth-order valence-corrected chi connectivity index (χ4v) is 3.63. The van der Waals surface area contributed by atoms with Gasteiger partial charge in [-0.1, -0.05) is 6.07 Å². The van der Waals surface area contributed by atoms with E-state index >= 15 is 0 Å². The molecule has 1 aliphatic heterocycles. The van der Waals surface area contributed by atoms with Crippen molar-refractivity contribution in [2.75, 3.05) is 25.6 Å². The van der Waals surface area contributed by atoms with Crippen molar-refractivity contribution in [3.63, 3.8) is 0 Å². The van der Waals surface area contributed by atoms with Crippen LogP contribution in [0, 0.1) is 0 Å². The molecule has 1 N–H and O–H groups in total. The van der Waals surface area contributed by atoms with Crippen LogP contribution in [0.15, 0.2) is 24.4 Å². The first kappa shape index (κ1) is 14.9. The van der Waals surface area contributed by atoms with E-state index in [1.54, 1.807) is 18.4 Å². The smallest absolute Gasteiger partial charge is 0.194 e. The molecule has 1 aromatic heterocycles. The molecule has 1 aliphatic carbocycles. The Hall–Kier alpha value is -1.63. The van der Waals surface area contributed by atoms with E-state index in [4.69, 9.17) is 14.2 Å². The van der Waals surface area contributed by atoms with Gasteiger partial charge in [-0.2, -0.15) is 0 Å². The fraction of sp³-hybridized carbons (Fsp3) is 0.471. The van der Waals surface area contributed by atoms with Gasteiger partial charge in [0.25, 0.3) is 0 Å². The molecule has 1 aromatic carbocycles. The van der Waals surface area contributed by atoms with E-state index in [0.717, 1.165) is 21.3 Å². The zero-order chi connectivity index (χ0) is 15.6. The summed E-state index contributed by atoms with van der Waals surface area (Å²) in [5.41, 5.74) is 2.53. The largest absolute Gasteiger partial charge is 0.497 e. The van der Waals surface area contributed by atoms with Crippen LogP contribution in [0.2, 0.25) is 0 Å². The molecule has 2 heterocycles. The number of rotatable bonds is 6. The molecule has 1 saturated heterocycles. The SMILES string of the molecule is COc1ccc(C2CC2)c(NCc2ncc(C3OCCO3)s2)c1. The Morgan fingerprint density at radius 2 is 2.13 bits per heavy atom. The summed E-state index contributed by atoms with van der Waals surface area (Å²) in [4.78, 5) is 5.51. The summed E-state index contributed by atoms with van der Waals surface area (Å²) in [5.74, 6) is 1.57. The molecule has 0 unspecified atom stereocenters. The van der Waals surface area contributed by atoms with Crippen molar-refractivity contribution in [1.82, 2.24) is 4.98 Å². The average Bonchev–Trinajstić information content (AvgIpc) is 3.09. The minimum Gasteiger partial charge on any atom is -0.497 e. The second kappa shape index (κ2) is 6.47. The third-order valence-corrected chi connectivity index (χ3v) is 5.15. The maximum absolute atomic E-state index is 5.52. The van der Waals surface area contributed by atoms with E-state index in [-0.39, 0.29) is 6.29 Å². The van der Waals surface area contributed by atoms with Crippen LogP contribution < -0.4 is 10.1 Å². The van der Waals surface area contributed by atoms with Crippen molar-refractivity contribution in [3.05, 3.63) is 39.8 Å². The number of aromatic nitrogens is 1. The third kappa shape index (κ3) is 3.34. The quantitative estimate of drug-likeness (QED) is 0.874. The molecule has 4 rings (SSSR count). The Kier molecular flexibility index (Phi) is 4.20. The maximum atomic E-state index is 5.52. The predicted octanol–water partition coefficient (Wildman–Crippen LogP) is 3.69. The Labute approximate surface area is 139 Å². The summed E-state index contributed by atoms with van der Waals surface area (Å²) in [6.07, 6.45) is 4.17. The lowest BCUT2D eigenvalue weighted by Crippen LogP contribution is -2.02. The third-order valence-electron chi connectivity index (χ3n) is 4.13. The minimum absolute atomic E-state index is 0.236. The monoisotopic (exact) mass is 332 g/mol. The van der Waals surface area contributed by atoms with Crippen LogP contribution in [0.3, 0.4) is 0 Å². The molecule has 0 bridgehead atoms. The van der Waals surface area contributed by atoms with Crippen LogP contribution in [0.5, 0.6) is 5.75 Å². The number of nitrogens with zero attached hydrogens (tertiary/aromatic N) is 1. The molecule has 1 saturated carbocycles. The second-order valence-corrected chi connectivity index (χ2v) is 6.96. The van der Waals surface area contributed by atoms with Gasteiger partial charge in [-0.25, -0.2) is 4.98 Å². The lowest BCUT2D eigenvalue weighted by atomic mass is 10.1. The number of methoxy groups -OCH3 is 1. The molecule has 122 valence electrons. The van der Waals surface area contributed by atoms with Crippen molar-refractivity contribution in [2.45, 2.75) is 31.6 Å². The number of hydrogen-bond acceptors (Lipinski definition) is 6. The number of thiazole rings is 1. The highest BCUT2D eigenvalue weighted by Crippen LogP contribution is 2.44. The van der Waals surface area contributed by atoms with Gasteiger partial charge in [0.05, 0.1) is 31.7 Å². The second-order valence-electron chi connectivity index (χ2n) is 5.81. The van der Waals surface area contributed by atoms with Gasteiger partial charge in [0, 0.05) is 18.0 Å². The number of hydrogen-bond donors (Lipinski definition) is 1. The van der Waals surface area contributed by atoms with Gasteiger partial charge in [-0.15, -0.1) is 11.3 Å². The van der Waals surface area contributed by atoms with Crippen LogP contribution in [0.1, 0.15) is 40.5 Å². The predicted molar refractivity (Wildman–Crippen MR) is 89.1 cm³/mol. The van der Waals surface area contributed by atoms with Crippen LogP contribution in [-0.4, -0.2) is 25.3 Å². The van der Waals surface area contributed by atoms with Crippen LogP contribution >= 0.6 is 11.3 Å². The van der Waals surface area contributed by atoms with Gasteiger partial charge in [0.15, 0.2) is 6.29 Å². The first-order valence-electron chi connectivity index (χ1n) is 7.93. The molecule has 6 heteroatoms. The van der Waals surface area contributed by atoms with Crippen LogP contribution in [0.4, 0.5) is 5.69 Å². The van der Waals surface area contributed by atoms with E-state index in [1.807, 2.05) is 12.3 Å². The Morgan fingerprint density at radius 3 is 2.87 bits per heavy atom. The number of ether oxygens (including phenoxy) is 3. The normalized spacial score (nSPS) is 18.3. The summed E-state index contributed by atoms with van der Waals surface area (Å²) < 4.78 is 16.4. The summed E-state index contributed by atoms with van der Waals surface area (Å²) in [6, 6.07) is 6.28. The Bertz CT molecular complexity index is 678. The van der Waals surface area contributed by atoms with E-state index in [0.29, 0.717) is 25.7 Å². The number of anilines is 1. The molecule has 0 spiro atoms. The molecule has 2 fully saturated rings. The Morgan fingerprint density at radius 1 is 1.30 bits per heavy atom. The summed E-state index contributed by atoms with van der Waals surface area (Å²) in [6.45, 7) is 2.01. The summed E-state index contributed by atoms with van der Waals surface area (Å²) in [7, 11) is 1.70. The number of nitrogens with one attached hydrogen (secondary N) is 1. The van der Waals surface area contributed by atoms with Crippen molar-refractivity contribution in [1.29, 1.82) is 0 Å². The highest BCUT2D eigenvalue weighted by atomic mass is 32.1.